The van der Waals surface area contributed by atoms with E-state index in [0.717, 1.165) is 6.20 Å². The Kier molecular flexibility index (Phi) is 3.77. The average molecular weight is 240 g/mol. The molecule has 76 valence electrons. The van der Waals surface area contributed by atoms with Crippen LogP contribution in [0.3, 0.4) is 0 Å². The fourth-order valence-corrected chi connectivity index (χ4v) is 1.52. The van der Waals surface area contributed by atoms with Gasteiger partial charge in [-0.05, 0) is 5.56 Å². The molecule has 14 heavy (non-hydrogen) atoms. The van der Waals surface area contributed by atoms with E-state index < -0.39 is 6.43 Å². The van der Waals surface area contributed by atoms with Gasteiger partial charge in [0.05, 0.1) is 5.56 Å². The zero-order valence-corrected chi connectivity index (χ0v) is 8.32. The third-order valence-corrected chi connectivity index (χ3v) is 2.27. The summed E-state index contributed by atoms with van der Waals surface area (Å²) < 4.78 is 24.8. The van der Waals surface area contributed by atoms with Crippen LogP contribution >= 0.6 is 23.2 Å². The Labute approximate surface area is 88.8 Å². The van der Waals surface area contributed by atoms with E-state index in [0.29, 0.717) is 6.29 Å². The van der Waals surface area contributed by atoms with Gasteiger partial charge in [-0.15, -0.1) is 11.6 Å². The van der Waals surface area contributed by atoms with Crippen molar-refractivity contribution in [2.24, 2.45) is 0 Å². The maximum atomic E-state index is 12.4. The molecule has 0 aromatic carbocycles. The third-order valence-electron chi connectivity index (χ3n) is 1.70. The zero-order chi connectivity index (χ0) is 10.7. The molecule has 0 aliphatic carbocycles. The van der Waals surface area contributed by atoms with Gasteiger partial charge < -0.3 is 0 Å². The Morgan fingerprint density at radius 3 is 2.64 bits per heavy atom. The van der Waals surface area contributed by atoms with Crippen LogP contribution in [0.25, 0.3) is 0 Å². The average Bonchev–Trinajstić information content (AvgIpc) is 2.16. The van der Waals surface area contributed by atoms with E-state index in [4.69, 9.17) is 23.2 Å². The van der Waals surface area contributed by atoms with Crippen molar-refractivity contribution in [2.75, 3.05) is 0 Å². The molecular weight excluding hydrogens is 235 g/mol. The van der Waals surface area contributed by atoms with Gasteiger partial charge in [-0.1, -0.05) is 11.6 Å². The van der Waals surface area contributed by atoms with E-state index in [9.17, 15) is 13.6 Å². The molecule has 0 saturated heterocycles. The summed E-state index contributed by atoms with van der Waals surface area (Å²) in [5, 5.41) is -0.111. The minimum Gasteiger partial charge on any atom is -0.298 e. The van der Waals surface area contributed by atoms with Crippen molar-refractivity contribution in [3.05, 3.63) is 28.0 Å². The second kappa shape index (κ2) is 4.66. The Balaban J connectivity index is 3.40. The van der Waals surface area contributed by atoms with Gasteiger partial charge in [0.25, 0.3) is 6.43 Å². The lowest BCUT2D eigenvalue weighted by molar-refractivity contribution is 0.112. The lowest BCUT2D eigenvalue weighted by Crippen LogP contribution is -2.01. The van der Waals surface area contributed by atoms with E-state index in [1.807, 2.05) is 0 Å². The standard InChI is InChI=1S/C8H5Cl2F2NO/c9-1-4-5(8(11)12)2-13-7(10)6(4)3-14/h2-3,8H,1H2. The second-order valence-corrected chi connectivity index (χ2v) is 3.07. The van der Waals surface area contributed by atoms with Crippen LogP contribution < -0.4 is 0 Å². The molecule has 0 aliphatic heterocycles. The SMILES string of the molecule is O=Cc1c(Cl)ncc(C(F)F)c1CCl. The van der Waals surface area contributed by atoms with Crippen molar-refractivity contribution in [2.45, 2.75) is 12.3 Å². The molecular formula is C8H5Cl2F2NO. The molecule has 0 N–H and O–H groups in total. The monoisotopic (exact) mass is 239 g/mol. The van der Waals surface area contributed by atoms with Gasteiger partial charge in [0.15, 0.2) is 6.29 Å². The maximum absolute atomic E-state index is 12.4. The van der Waals surface area contributed by atoms with Crippen LogP contribution in [0.4, 0.5) is 8.78 Å². The van der Waals surface area contributed by atoms with Gasteiger partial charge in [0, 0.05) is 17.6 Å². The van der Waals surface area contributed by atoms with Gasteiger partial charge in [-0.2, -0.15) is 0 Å². The number of rotatable bonds is 3. The highest BCUT2D eigenvalue weighted by molar-refractivity contribution is 6.32. The van der Waals surface area contributed by atoms with Crippen LogP contribution in [0.15, 0.2) is 6.20 Å². The Morgan fingerprint density at radius 1 is 1.57 bits per heavy atom. The van der Waals surface area contributed by atoms with Gasteiger partial charge >= 0.3 is 0 Å². The molecule has 6 heteroatoms. The molecule has 1 rings (SSSR count). The van der Waals surface area contributed by atoms with Crippen LogP contribution in [0.1, 0.15) is 27.9 Å². The van der Waals surface area contributed by atoms with Crippen molar-refractivity contribution >= 4 is 29.5 Å². The summed E-state index contributed by atoms with van der Waals surface area (Å²) in [6.45, 7) is 0. The smallest absolute Gasteiger partial charge is 0.265 e. The first-order valence-electron chi connectivity index (χ1n) is 3.58. The summed E-state index contributed by atoms with van der Waals surface area (Å²) in [7, 11) is 0. The number of pyridine rings is 1. The van der Waals surface area contributed by atoms with E-state index in [2.05, 4.69) is 4.98 Å². The molecule has 0 fully saturated rings. The Morgan fingerprint density at radius 2 is 2.21 bits per heavy atom. The fraction of sp³-hybridized carbons (Fsp3) is 0.250. The highest BCUT2D eigenvalue weighted by atomic mass is 35.5. The van der Waals surface area contributed by atoms with Gasteiger partial charge in [0.1, 0.15) is 5.15 Å². The summed E-state index contributed by atoms with van der Waals surface area (Å²) in [4.78, 5) is 14.0. The molecule has 0 amide bonds. The lowest BCUT2D eigenvalue weighted by Gasteiger charge is -2.08. The summed E-state index contributed by atoms with van der Waals surface area (Å²) in [6, 6.07) is 0. The first-order valence-corrected chi connectivity index (χ1v) is 4.49. The minimum atomic E-state index is -2.72. The largest absolute Gasteiger partial charge is 0.298 e. The molecule has 0 bridgehead atoms. The van der Waals surface area contributed by atoms with Crippen molar-refractivity contribution in [3.8, 4) is 0 Å². The molecule has 0 saturated carbocycles. The van der Waals surface area contributed by atoms with Crippen LogP contribution in [0.5, 0.6) is 0 Å². The first kappa shape index (κ1) is 11.3. The summed E-state index contributed by atoms with van der Waals surface area (Å²) in [5.41, 5.74) is -0.386. The molecule has 0 aliphatic rings. The fourth-order valence-electron chi connectivity index (χ4n) is 1.01. The van der Waals surface area contributed by atoms with E-state index in [-0.39, 0.29) is 27.7 Å². The van der Waals surface area contributed by atoms with Crippen LogP contribution in [-0.2, 0) is 5.88 Å². The number of halogens is 4. The number of hydrogen-bond acceptors (Lipinski definition) is 2. The molecule has 0 radical (unpaired) electrons. The third kappa shape index (κ3) is 2.01. The highest BCUT2D eigenvalue weighted by Crippen LogP contribution is 2.28. The molecule has 1 aromatic heterocycles. The van der Waals surface area contributed by atoms with Crippen LogP contribution in [0, 0.1) is 0 Å². The number of nitrogens with zero attached hydrogens (tertiary/aromatic N) is 1. The number of aldehydes is 1. The van der Waals surface area contributed by atoms with E-state index in [1.54, 1.807) is 0 Å². The van der Waals surface area contributed by atoms with Gasteiger partial charge in [0.2, 0.25) is 0 Å². The van der Waals surface area contributed by atoms with Crippen LogP contribution in [-0.4, -0.2) is 11.3 Å². The summed E-state index contributed by atoms with van der Waals surface area (Å²) in [6.07, 6.45) is -1.41. The van der Waals surface area contributed by atoms with Gasteiger partial charge in [-0.25, -0.2) is 13.8 Å². The molecule has 2 nitrogen and oxygen atoms in total. The quantitative estimate of drug-likeness (QED) is 0.461. The molecule has 1 aromatic rings. The van der Waals surface area contributed by atoms with E-state index in [1.165, 1.54) is 0 Å². The normalized spacial score (nSPS) is 10.6. The van der Waals surface area contributed by atoms with Crippen molar-refractivity contribution < 1.29 is 13.6 Å². The predicted molar refractivity (Wildman–Crippen MR) is 49.1 cm³/mol. The van der Waals surface area contributed by atoms with Crippen molar-refractivity contribution in [1.82, 2.24) is 4.98 Å². The Bertz CT molecular complexity index is 357. The van der Waals surface area contributed by atoms with Crippen molar-refractivity contribution in [1.29, 1.82) is 0 Å². The first-order chi connectivity index (χ1) is 6.61. The highest BCUT2D eigenvalue weighted by Gasteiger charge is 2.18. The number of carbonyl (C=O) groups excluding carboxylic acids is 1. The molecule has 0 unspecified atom stereocenters. The maximum Gasteiger partial charge on any atom is 0.265 e. The second-order valence-electron chi connectivity index (χ2n) is 2.45. The Hall–Kier alpha value is -0.740. The van der Waals surface area contributed by atoms with Crippen molar-refractivity contribution in [3.63, 3.8) is 0 Å². The van der Waals surface area contributed by atoms with Gasteiger partial charge in [-0.3, -0.25) is 4.79 Å². The molecule has 1 heterocycles. The summed E-state index contributed by atoms with van der Waals surface area (Å²) >= 11 is 11.0. The zero-order valence-electron chi connectivity index (χ0n) is 6.81. The lowest BCUT2D eigenvalue weighted by atomic mass is 10.1. The summed E-state index contributed by atoms with van der Waals surface area (Å²) in [5.74, 6) is -0.198. The predicted octanol–water partition coefficient (Wildman–Crippen LogP) is 3.22. The minimum absolute atomic E-state index is 0.0386. The van der Waals surface area contributed by atoms with E-state index >= 15 is 0 Å². The molecule has 0 atom stereocenters. The number of aromatic nitrogens is 1. The molecule has 0 spiro atoms. The number of carbonyl (C=O) groups is 1. The topological polar surface area (TPSA) is 30.0 Å². The number of hydrogen-bond donors (Lipinski definition) is 0. The van der Waals surface area contributed by atoms with Crippen LogP contribution in [0.2, 0.25) is 5.15 Å². The number of alkyl halides is 3.